The van der Waals surface area contributed by atoms with Crippen molar-refractivity contribution >= 4 is 334 Å². The van der Waals surface area contributed by atoms with E-state index in [1.54, 1.807) is 0 Å². The Morgan fingerprint density at radius 2 is 0.0448 bits per heavy atom. The second kappa shape index (κ2) is 19000. The summed E-state index contributed by atoms with van der Waals surface area (Å²) in [6.07, 6.45) is 0. The van der Waals surface area contributed by atoms with Crippen LogP contribution in [0.5, 0.6) is 0 Å². The molecule has 0 aliphatic rings. The third kappa shape index (κ3) is 18400. The summed E-state index contributed by atoms with van der Waals surface area (Å²) in [5.74, 6) is 0. The van der Waals surface area contributed by atoms with Gasteiger partial charge in [-0.3, -0.25) is 0 Å². The van der Waals surface area contributed by atoms with Gasteiger partial charge in [0.25, 0.3) is 0 Å². The summed E-state index contributed by atoms with van der Waals surface area (Å²) in [5.41, 5.74) is 0. The first-order valence-corrected chi connectivity index (χ1v) is 0. The van der Waals surface area contributed by atoms with Gasteiger partial charge in [-0.25, -0.2) is 0 Å². The Labute approximate surface area is 615 Å². The van der Waals surface area contributed by atoms with Crippen molar-refractivity contribution < 1.29 is 280 Å². The average Bonchev–Trinajstić information content (AvgIpc) is 0. The molecular formula is H134Be33O34. The third-order valence-corrected chi connectivity index (χ3v) is 0. The van der Waals surface area contributed by atoms with Gasteiger partial charge in [-0.15, -0.1) is 0 Å². The first-order valence-electron chi connectivity index (χ1n) is 0. The van der Waals surface area contributed by atoms with Crippen LogP contribution in [0.1, 0.15) is 94.2 Å². The van der Waals surface area contributed by atoms with Gasteiger partial charge < -0.3 is 280 Å². The molecule has 67 heavy (non-hydrogen) atoms. The molecule has 0 bridgehead atoms. The fraction of sp³-hybridized carbons (Fsp3) is 0. The minimum absolute atomic E-state index is 0. The van der Waals surface area contributed by atoms with Crippen molar-refractivity contribution in [1.29, 1.82) is 0 Å². The van der Waals surface area contributed by atoms with Crippen LogP contribution in [0.3, 0.4) is 0 Å². The molecule has 0 saturated carbocycles. The van der Waals surface area contributed by atoms with E-state index in [1.165, 1.54) is 0 Å². The molecule has 0 heterocycles. The standard InChI is InChI=1S/33Be.34H2O.66H/h;;;;;;;;;;;;;;;;;;;;;;;;;;;;;;;;;34*1H2;;;;;;;;;;;;;;;;;;;;;;;;;;;;;;;;;;;;;;;;;;;;;;;;;;;;;;;;;;;;;;;;;;/q33*+2;;;;;;;;;;;;;;;;;;;;;;;;;;;;;;;;;;;66*-1. The Hall–Kier alpha value is 4.21. The van der Waals surface area contributed by atoms with Crippen LogP contribution in [-0.4, -0.2) is 520 Å². The van der Waals surface area contributed by atoms with Crippen molar-refractivity contribution in [1.82, 2.24) is 0 Å². The van der Waals surface area contributed by atoms with Gasteiger partial charge in [0.1, 0.15) is 0 Å². The molecular weight excluding hydrogens is 841 g/mol. The van der Waals surface area contributed by atoms with Gasteiger partial charge in [-0.1, -0.05) is 0 Å². The Balaban J connectivity index is 0. The van der Waals surface area contributed by atoms with Gasteiger partial charge in [0.05, 0.1) is 0 Å². The van der Waals surface area contributed by atoms with Crippen LogP contribution in [0.2, 0.25) is 0 Å². The van der Waals surface area contributed by atoms with Gasteiger partial charge in [0.15, 0.2) is 0 Å². The summed E-state index contributed by atoms with van der Waals surface area (Å²) in [6, 6.07) is 0. The van der Waals surface area contributed by atoms with Crippen LogP contribution >= 0.6 is 0 Å². The first-order chi connectivity index (χ1) is 0. The largest absolute Gasteiger partial charge is 2.00 e. The maximum atomic E-state index is 0. The van der Waals surface area contributed by atoms with Crippen molar-refractivity contribution in [2.75, 3.05) is 0 Å². The van der Waals surface area contributed by atoms with E-state index in [2.05, 4.69) is 0 Å². The molecule has 0 fully saturated rings. The molecule has 404 valence electrons. The van der Waals surface area contributed by atoms with Gasteiger partial charge >= 0.3 is 334 Å². The van der Waals surface area contributed by atoms with E-state index < -0.39 is 0 Å². The summed E-state index contributed by atoms with van der Waals surface area (Å²) in [4.78, 5) is 0. The minimum atomic E-state index is 0. The van der Waals surface area contributed by atoms with Gasteiger partial charge in [-0.05, 0) is 0 Å². The first kappa shape index (κ1) is 19800. The average molecular weight is 976 g/mol. The van der Waals surface area contributed by atoms with Crippen LogP contribution in [0, 0.1) is 0 Å². The van der Waals surface area contributed by atoms with Crippen molar-refractivity contribution in [3.63, 3.8) is 0 Å². The fourth-order valence-corrected chi connectivity index (χ4v) is 0. The monoisotopic (exact) mass is 976 g/mol. The Morgan fingerprint density at radius 1 is 0.0448 bits per heavy atom. The fourth-order valence-electron chi connectivity index (χ4n) is 0. The predicted molar refractivity (Wildman–Crippen MR) is 386 cm³/mol. The van der Waals surface area contributed by atoms with Crippen molar-refractivity contribution in [2.24, 2.45) is 0 Å². The van der Waals surface area contributed by atoms with E-state index >= 15 is 0 Å². The smallest absolute Gasteiger partial charge is 1.00 e. The zero-order valence-electron chi connectivity index (χ0n) is 106. The molecule has 0 radical (unpaired) electrons. The minimum Gasteiger partial charge on any atom is -1.00 e. The van der Waals surface area contributed by atoms with Crippen LogP contribution in [0.25, 0.3) is 0 Å². The van der Waals surface area contributed by atoms with Crippen LogP contribution in [-0.2, 0) is 0 Å². The second-order valence-electron chi connectivity index (χ2n) is 0. The molecule has 0 aliphatic heterocycles. The number of rotatable bonds is 0. The van der Waals surface area contributed by atoms with E-state index in [-0.39, 0.29) is 614 Å². The van der Waals surface area contributed by atoms with E-state index in [4.69, 9.17) is 0 Å². The molecule has 0 atom stereocenters. The SMILES string of the molecule is O.O.O.O.O.O.O.O.O.O.O.O.O.O.O.O.O.O.O.O.O.O.O.O.O.O.O.O.O.O.O.O.O.O.[Be+2].[Be+2].[Be+2].[Be+2].[Be+2].[Be+2].[Be+2].[Be+2].[Be+2].[Be+2].[Be+2].[Be+2].[Be+2].[Be+2].[Be+2].[Be+2].[Be+2].[Be+2].[Be+2].[Be+2].[Be+2].[Be+2].[Be+2].[Be+2].[Be+2].[Be+2].[Be+2].[Be+2].[Be+2].[Be+2].[Be+2].[Be+2].[Be+2].[H-].[H-].[H-].[H-].[H-].[H-].[H-].[H-].[H-].[H-].[H-].[H-].[H-].[H-].[H-].[H-].[H-].[H-].[H-].[H-].[H-].[H-].[H-].[H-].[H-].[H-].[H-].[H-].[H-].[H-].[H-].[H-].[H-].[H-].[H-].[H-].[H-].[H-].[H-].[H-].[H-].[H-].[H-].[H-].[H-].[H-].[H-].[H-].[H-].[H-].[H-].[H-].[H-].[H-].[H-].[H-].[H-].[H-].[H-].[H-].[H-].[H-].[H-].[H-].[H-].[H-]. The molecule has 0 aromatic rings. The quantitative estimate of drug-likeness (QED) is 0.204. The Kier molecular flexibility index (Phi) is 5600000. The predicted octanol–water partition coefficient (Wildman–Crippen LogP) is -33.2. The topological polar surface area (TPSA) is 1070 Å². The summed E-state index contributed by atoms with van der Waals surface area (Å²) < 4.78 is 0. The van der Waals surface area contributed by atoms with E-state index in [0.717, 1.165) is 0 Å². The van der Waals surface area contributed by atoms with Gasteiger partial charge in [0.2, 0.25) is 0 Å². The molecule has 0 spiro atoms. The molecule has 34 nitrogen and oxygen atoms in total. The van der Waals surface area contributed by atoms with E-state index in [0.29, 0.717) is 0 Å². The summed E-state index contributed by atoms with van der Waals surface area (Å²) in [7, 11) is 0. The van der Waals surface area contributed by atoms with Crippen molar-refractivity contribution in [2.45, 2.75) is 0 Å². The Morgan fingerprint density at radius 3 is 0.0448 bits per heavy atom. The zero-order chi connectivity index (χ0) is 0. The molecule has 0 saturated heterocycles. The molecule has 68 N–H and O–H groups in total. The van der Waals surface area contributed by atoms with Gasteiger partial charge in [0, 0.05) is 0 Å². The molecule has 0 aromatic carbocycles. The zero-order valence-corrected chi connectivity index (χ0v) is 40.3. The van der Waals surface area contributed by atoms with E-state index in [9.17, 15) is 0 Å². The molecule has 0 aromatic heterocycles. The number of hydrogen-bond donors (Lipinski definition) is 0. The Bertz CT molecular complexity index is 200. The van der Waals surface area contributed by atoms with E-state index in [1.807, 2.05) is 0 Å². The second-order valence-corrected chi connectivity index (χ2v) is 0. The molecule has 67 heteroatoms. The molecule has 0 aliphatic carbocycles. The van der Waals surface area contributed by atoms with Gasteiger partial charge in [-0.2, -0.15) is 0 Å². The maximum Gasteiger partial charge on any atom is 2.00 e. The van der Waals surface area contributed by atoms with Crippen LogP contribution < -0.4 is 0 Å². The summed E-state index contributed by atoms with van der Waals surface area (Å²) in [6.45, 7) is 0. The van der Waals surface area contributed by atoms with Crippen LogP contribution in [0.4, 0.5) is 0 Å². The summed E-state index contributed by atoms with van der Waals surface area (Å²) in [5, 5.41) is 0. The molecule has 0 rings (SSSR count). The van der Waals surface area contributed by atoms with Crippen molar-refractivity contribution in [3.05, 3.63) is 0 Å². The van der Waals surface area contributed by atoms with Crippen molar-refractivity contribution in [3.8, 4) is 0 Å². The molecule has 0 unspecified atom stereocenters. The number of hydrogen-bond acceptors (Lipinski definition) is 0. The van der Waals surface area contributed by atoms with Crippen LogP contribution in [0.15, 0.2) is 0 Å². The normalized spacial score (nSPS) is 0. The summed E-state index contributed by atoms with van der Waals surface area (Å²) >= 11 is 0. The molecule has 0 amide bonds. The third-order valence-electron chi connectivity index (χ3n) is 0. The maximum absolute atomic E-state index is 0.